The summed E-state index contributed by atoms with van der Waals surface area (Å²) in [6.07, 6.45) is 3.40. The number of anilines is 1. The van der Waals surface area contributed by atoms with Crippen LogP contribution in [0.2, 0.25) is 0 Å². The SMILES string of the molecule is CC(=O)NCCCC[C@H](NC(=O)C(CCCCN(C)C)NC(=O)CNCc1ccccc1)C(=O)Nc1ccc2nc(C3=NC(C(=O)O)CS3)sc2c1. The molecule has 0 fully saturated rings. The minimum Gasteiger partial charge on any atom is -0.480 e. The quantitative estimate of drug-likeness (QED) is 0.0882. The number of fused-ring (bicyclic) bond motifs is 1. The zero-order valence-corrected chi connectivity index (χ0v) is 31.4. The maximum absolute atomic E-state index is 13.8. The number of thiazole rings is 1. The van der Waals surface area contributed by atoms with E-state index in [2.05, 4.69) is 41.5 Å². The van der Waals surface area contributed by atoms with Crippen molar-refractivity contribution >= 4 is 73.6 Å². The lowest BCUT2D eigenvalue weighted by atomic mass is 10.0. The predicted octanol–water partition coefficient (Wildman–Crippen LogP) is 2.98. The molecule has 4 rings (SSSR count). The van der Waals surface area contributed by atoms with Crippen LogP contribution in [-0.4, -0.2) is 107 Å². The van der Waals surface area contributed by atoms with Gasteiger partial charge < -0.3 is 36.6 Å². The Hall–Kier alpha value is -4.38. The molecule has 0 saturated heterocycles. The number of nitrogens with one attached hydrogen (secondary N) is 5. The van der Waals surface area contributed by atoms with E-state index in [-0.39, 0.29) is 18.4 Å². The zero-order chi connectivity index (χ0) is 37.5. The molecule has 0 saturated carbocycles. The van der Waals surface area contributed by atoms with Crippen LogP contribution in [-0.2, 0) is 30.5 Å². The number of hydrogen-bond donors (Lipinski definition) is 6. The summed E-state index contributed by atoms with van der Waals surface area (Å²) in [4.78, 5) is 74.1. The maximum Gasteiger partial charge on any atom is 0.329 e. The number of hydrogen-bond acceptors (Lipinski definition) is 11. The molecule has 52 heavy (non-hydrogen) atoms. The molecule has 2 unspecified atom stereocenters. The van der Waals surface area contributed by atoms with E-state index < -0.39 is 35.9 Å². The average Bonchev–Trinajstić information content (AvgIpc) is 3.77. The number of thioether (sulfide) groups is 1. The number of benzene rings is 2. The molecule has 2 aromatic carbocycles. The number of aliphatic carboxylic acids is 1. The first-order valence-electron chi connectivity index (χ1n) is 17.4. The van der Waals surface area contributed by atoms with Crippen molar-refractivity contribution < 1.29 is 29.1 Å². The Balaban J connectivity index is 1.44. The fourth-order valence-corrected chi connectivity index (χ4v) is 7.53. The number of carbonyl (C=O) groups is 5. The third-order valence-corrected chi connectivity index (χ3v) is 10.4. The molecule has 1 aliphatic heterocycles. The molecule has 6 N–H and O–H groups in total. The number of rotatable bonds is 21. The van der Waals surface area contributed by atoms with Gasteiger partial charge in [-0.3, -0.25) is 24.2 Å². The highest BCUT2D eigenvalue weighted by Gasteiger charge is 2.28. The minimum absolute atomic E-state index is 0.0252. The number of aliphatic imine (C=N–C) groups is 1. The first kappa shape index (κ1) is 40.4. The van der Waals surface area contributed by atoms with Crippen LogP contribution in [0.4, 0.5) is 5.69 Å². The van der Waals surface area contributed by atoms with Gasteiger partial charge in [0.15, 0.2) is 6.04 Å². The lowest BCUT2D eigenvalue weighted by molar-refractivity contribution is -0.137. The van der Waals surface area contributed by atoms with Crippen LogP contribution >= 0.6 is 23.1 Å². The van der Waals surface area contributed by atoms with E-state index in [4.69, 9.17) is 0 Å². The molecule has 14 nitrogen and oxygen atoms in total. The fourth-order valence-electron chi connectivity index (χ4n) is 5.43. The van der Waals surface area contributed by atoms with Crippen molar-refractivity contribution in [1.82, 2.24) is 31.2 Å². The number of unbranched alkanes of at least 4 members (excludes halogenated alkanes) is 2. The Kier molecular flexibility index (Phi) is 16.0. The van der Waals surface area contributed by atoms with Gasteiger partial charge in [0.25, 0.3) is 0 Å². The summed E-state index contributed by atoms with van der Waals surface area (Å²) in [5.74, 6) is -1.95. The molecule has 0 bridgehead atoms. The van der Waals surface area contributed by atoms with Crippen molar-refractivity contribution in [3.05, 3.63) is 59.1 Å². The van der Waals surface area contributed by atoms with Gasteiger partial charge in [-0.05, 0) is 82.9 Å². The molecule has 4 amide bonds. The van der Waals surface area contributed by atoms with Gasteiger partial charge in [-0.2, -0.15) is 0 Å². The molecular weight excluding hydrogens is 705 g/mol. The molecule has 0 spiro atoms. The topological polar surface area (TPSA) is 194 Å². The average molecular weight is 753 g/mol. The Morgan fingerprint density at radius 3 is 2.37 bits per heavy atom. The van der Waals surface area contributed by atoms with E-state index in [0.29, 0.717) is 72.2 Å². The fraction of sp³-hybridized carbons (Fsp3) is 0.472. The van der Waals surface area contributed by atoms with Crippen molar-refractivity contribution in [3.8, 4) is 0 Å². The van der Waals surface area contributed by atoms with Crippen LogP contribution in [0.1, 0.15) is 56.0 Å². The van der Waals surface area contributed by atoms with Crippen LogP contribution < -0.4 is 26.6 Å². The number of nitrogens with zero attached hydrogens (tertiary/aromatic N) is 3. The van der Waals surface area contributed by atoms with Gasteiger partial charge in [0.1, 0.15) is 22.1 Å². The summed E-state index contributed by atoms with van der Waals surface area (Å²) in [5, 5.41) is 25.1. The number of carboxylic acids is 1. The van der Waals surface area contributed by atoms with Gasteiger partial charge in [0, 0.05) is 31.5 Å². The highest BCUT2D eigenvalue weighted by atomic mass is 32.2. The monoisotopic (exact) mass is 752 g/mol. The van der Waals surface area contributed by atoms with Gasteiger partial charge in [0.2, 0.25) is 23.6 Å². The van der Waals surface area contributed by atoms with Gasteiger partial charge in [-0.15, -0.1) is 23.1 Å². The van der Waals surface area contributed by atoms with Crippen molar-refractivity contribution in [2.75, 3.05) is 44.8 Å². The Labute approximate surface area is 312 Å². The molecule has 280 valence electrons. The maximum atomic E-state index is 13.8. The lowest BCUT2D eigenvalue weighted by Gasteiger charge is -2.24. The molecule has 16 heteroatoms. The molecular formula is C36H48N8O6S2. The van der Waals surface area contributed by atoms with Gasteiger partial charge in [-0.25, -0.2) is 9.78 Å². The first-order chi connectivity index (χ1) is 25.0. The van der Waals surface area contributed by atoms with Gasteiger partial charge in [-0.1, -0.05) is 30.3 Å². The molecule has 1 aromatic heterocycles. The van der Waals surface area contributed by atoms with Crippen LogP contribution in [0.3, 0.4) is 0 Å². The summed E-state index contributed by atoms with van der Waals surface area (Å²) >= 11 is 2.71. The summed E-state index contributed by atoms with van der Waals surface area (Å²) in [6, 6.07) is 12.4. The van der Waals surface area contributed by atoms with E-state index >= 15 is 0 Å². The molecule has 3 aromatic rings. The standard InChI is InChI=1S/C36H48N8O6S2/c1-23(45)38-17-9-7-13-28(32(47)39-25-15-16-26-30(19-25)52-35(42-26)34-43-29(22-51-34)36(49)50)41-33(48)27(14-8-10-18-44(2)3)40-31(46)21-37-20-24-11-5-4-6-12-24/h4-6,11-12,15-16,19,27-29,37H,7-10,13-14,17-18,20-22H2,1-3H3,(H,38,45)(H,39,47)(H,40,46)(H,41,48)(H,49,50)/t27?,28-,29?/m0/s1. The van der Waals surface area contributed by atoms with E-state index in [1.54, 1.807) is 18.2 Å². The second-order valence-corrected chi connectivity index (χ2v) is 14.9. The van der Waals surface area contributed by atoms with Crippen molar-refractivity contribution in [2.24, 2.45) is 4.99 Å². The van der Waals surface area contributed by atoms with Gasteiger partial charge >= 0.3 is 5.97 Å². The lowest BCUT2D eigenvalue weighted by Crippen LogP contribution is -2.53. The van der Waals surface area contributed by atoms with Crippen molar-refractivity contribution in [1.29, 1.82) is 0 Å². The first-order valence-corrected chi connectivity index (χ1v) is 19.2. The van der Waals surface area contributed by atoms with Crippen molar-refractivity contribution in [3.63, 3.8) is 0 Å². The second kappa shape index (κ2) is 20.6. The summed E-state index contributed by atoms with van der Waals surface area (Å²) < 4.78 is 0.784. The minimum atomic E-state index is -0.973. The van der Waals surface area contributed by atoms with Gasteiger partial charge in [0.05, 0.1) is 16.8 Å². The highest BCUT2D eigenvalue weighted by Crippen LogP contribution is 2.31. The Bertz CT molecular complexity index is 1720. The van der Waals surface area contributed by atoms with Crippen molar-refractivity contribution in [2.45, 2.75) is 70.1 Å². The van der Waals surface area contributed by atoms with E-state index in [9.17, 15) is 29.1 Å². The Morgan fingerprint density at radius 1 is 0.942 bits per heavy atom. The summed E-state index contributed by atoms with van der Waals surface area (Å²) in [5.41, 5.74) is 2.23. The van der Waals surface area contributed by atoms with Crippen LogP contribution in [0.15, 0.2) is 53.5 Å². The summed E-state index contributed by atoms with van der Waals surface area (Å²) in [6.45, 7) is 3.25. The zero-order valence-electron chi connectivity index (χ0n) is 29.8. The third-order valence-electron chi connectivity index (χ3n) is 8.16. The largest absolute Gasteiger partial charge is 0.480 e. The highest BCUT2D eigenvalue weighted by molar-refractivity contribution is 8.15. The van der Waals surface area contributed by atoms with Crippen LogP contribution in [0.5, 0.6) is 0 Å². The molecule has 1 aliphatic rings. The van der Waals surface area contributed by atoms with E-state index in [1.165, 1.54) is 30.0 Å². The van der Waals surface area contributed by atoms with Crippen LogP contribution in [0, 0.1) is 0 Å². The number of carbonyl (C=O) groups excluding carboxylic acids is 4. The number of aromatic nitrogens is 1. The normalized spacial score (nSPS) is 15.2. The van der Waals surface area contributed by atoms with E-state index in [0.717, 1.165) is 23.2 Å². The molecule has 0 aliphatic carbocycles. The van der Waals surface area contributed by atoms with Crippen LogP contribution in [0.25, 0.3) is 10.2 Å². The van der Waals surface area contributed by atoms with E-state index in [1.807, 2.05) is 44.4 Å². The molecule has 2 heterocycles. The molecule has 0 radical (unpaired) electrons. The predicted molar refractivity (Wildman–Crippen MR) is 206 cm³/mol. The number of carboxylic acid groups (broad SMARTS) is 1. The summed E-state index contributed by atoms with van der Waals surface area (Å²) in [7, 11) is 3.95. The second-order valence-electron chi connectivity index (χ2n) is 12.8. The molecule has 3 atom stereocenters. The third kappa shape index (κ3) is 13.3. The Morgan fingerprint density at radius 2 is 1.67 bits per heavy atom. The smallest absolute Gasteiger partial charge is 0.329 e. The number of amides is 4.